The van der Waals surface area contributed by atoms with Crippen LogP contribution >= 0.6 is 0 Å². The molecule has 0 saturated heterocycles. The van der Waals surface area contributed by atoms with Crippen molar-refractivity contribution >= 4 is 17.7 Å². The highest BCUT2D eigenvalue weighted by molar-refractivity contribution is 5.96. The number of ketones is 1. The third-order valence-electron chi connectivity index (χ3n) is 4.06. The SMILES string of the molecule is CC(C)(CC(=O)N[C@@H](C(=O)O)c1ccccc1)CC(=O)c1ccccc1. The normalized spacial score (nSPS) is 12.2. The van der Waals surface area contributed by atoms with Gasteiger partial charge in [-0.2, -0.15) is 0 Å². The summed E-state index contributed by atoms with van der Waals surface area (Å²) < 4.78 is 0. The first-order chi connectivity index (χ1) is 12.3. The molecule has 5 nitrogen and oxygen atoms in total. The van der Waals surface area contributed by atoms with Gasteiger partial charge in [0.05, 0.1) is 0 Å². The van der Waals surface area contributed by atoms with E-state index >= 15 is 0 Å². The molecule has 0 spiro atoms. The molecule has 0 aliphatic heterocycles. The van der Waals surface area contributed by atoms with E-state index in [0.29, 0.717) is 11.1 Å². The lowest BCUT2D eigenvalue weighted by molar-refractivity contribution is -0.142. The number of rotatable bonds is 8. The minimum absolute atomic E-state index is 0.0405. The number of carboxylic acid groups (broad SMARTS) is 1. The Morgan fingerprint density at radius 3 is 2.00 bits per heavy atom. The fraction of sp³-hybridized carbons (Fsp3) is 0.286. The number of carboxylic acids is 1. The summed E-state index contributed by atoms with van der Waals surface area (Å²) in [5, 5.41) is 12.0. The molecule has 0 bridgehead atoms. The van der Waals surface area contributed by atoms with Crippen molar-refractivity contribution in [2.45, 2.75) is 32.7 Å². The fourth-order valence-corrected chi connectivity index (χ4v) is 2.80. The van der Waals surface area contributed by atoms with Gasteiger partial charge >= 0.3 is 5.97 Å². The Bertz CT molecular complexity index is 769. The van der Waals surface area contributed by atoms with Crippen LogP contribution in [0.3, 0.4) is 0 Å². The molecular formula is C21H23NO4. The van der Waals surface area contributed by atoms with Gasteiger partial charge in [0.15, 0.2) is 11.8 Å². The van der Waals surface area contributed by atoms with Gasteiger partial charge in [-0.1, -0.05) is 74.5 Å². The summed E-state index contributed by atoms with van der Waals surface area (Å²) in [6.45, 7) is 3.65. The highest BCUT2D eigenvalue weighted by atomic mass is 16.4. The van der Waals surface area contributed by atoms with Gasteiger partial charge in [0.1, 0.15) is 0 Å². The molecule has 0 unspecified atom stereocenters. The predicted octanol–water partition coefficient (Wildman–Crippen LogP) is 3.62. The molecular weight excluding hydrogens is 330 g/mol. The number of Topliss-reactive ketones (excluding diaryl/α,β-unsaturated/α-hetero) is 1. The number of nitrogens with one attached hydrogen (secondary N) is 1. The molecule has 5 heteroatoms. The molecule has 2 aromatic carbocycles. The monoisotopic (exact) mass is 353 g/mol. The van der Waals surface area contributed by atoms with Crippen LogP contribution in [-0.4, -0.2) is 22.8 Å². The van der Waals surface area contributed by atoms with E-state index in [1.807, 2.05) is 19.9 Å². The van der Waals surface area contributed by atoms with Gasteiger partial charge in [-0.3, -0.25) is 9.59 Å². The zero-order chi connectivity index (χ0) is 19.2. The summed E-state index contributed by atoms with van der Waals surface area (Å²) in [4.78, 5) is 36.2. The number of aliphatic carboxylic acids is 1. The third kappa shape index (κ3) is 5.55. The number of benzene rings is 2. The summed E-state index contributed by atoms with van der Waals surface area (Å²) in [6, 6.07) is 16.3. The predicted molar refractivity (Wildman–Crippen MR) is 98.7 cm³/mol. The lowest BCUT2D eigenvalue weighted by Crippen LogP contribution is -2.36. The molecule has 0 radical (unpaired) electrons. The van der Waals surface area contributed by atoms with Gasteiger partial charge in [-0.05, 0) is 11.0 Å². The van der Waals surface area contributed by atoms with Gasteiger partial charge in [-0.15, -0.1) is 0 Å². The van der Waals surface area contributed by atoms with E-state index in [4.69, 9.17) is 0 Å². The first-order valence-corrected chi connectivity index (χ1v) is 8.44. The molecule has 136 valence electrons. The topological polar surface area (TPSA) is 83.5 Å². The van der Waals surface area contributed by atoms with Crippen molar-refractivity contribution in [3.63, 3.8) is 0 Å². The van der Waals surface area contributed by atoms with Gasteiger partial charge in [0.25, 0.3) is 0 Å². The number of carbonyl (C=O) groups is 3. The molecule has 26 heavy (non-hydrogen) atoms. The van der Waals surface area contributed by atoms with Crippen molar-refractivity contribution in [2.75, 3.05) is 0 Å². The van der Waals surface area contributed by atoms with E-state index in [2.05, 4.69) is 5.32 Å². The Balaban J connectivity index is 2.00. The van der Waals surface area contributed by atoms with Crippen molar-refractivity contribution in [1.82, 2.24) is 5.32 Å². The van der Waals surface area contributed by atoms with Crippen LogP contribution in [0.5, 0.6) is 0 Å². The maximum Gasteiger partial charge on any atom is 0.330 e. The maximum absolute atomic E-state index is 12.4. The average molecular weight is 353 g/mol. The smallest absolute Gasteiger partial charge is 0.330 e. The van der Waals surface area contributed by atoms with E-state index in [0.717, 1.165) is 0 Å². The van der Waals surface area contributed by atoms with Crippen LogP contribution in [-0.2, 0) is 9.59 Å². The van der Waals surface area contributed by atoms with Crippen molar-refractivity contribution in [2.24, 2.45) is 5.41 Å². The Hall–Kier alpha value is -2.95. The highest BCUT2D eigenvalue weighted by Crippen LogP contribution is 2.27. The number of hydrogen-bond acceptors (Lipinski definition) is 3. The molecule has 0 aliphatic carbocycles. The first kappa shape index (κ1) is 19.4. The van der Waals surface area contributed by atoms with E-state index in [1.165, 1.54) is 0 Å². The Labute approximate surface area is 153 Å². The van der Waals surface area contributed by atoms with Gasteiger partial charge < -0.3 is 10.4 Å². The quantitative estimate of drug-likeness (QED) is 0.710. The first-order valence-electron chi connectivity index (χ1n) is 8.44. The Morgan fingerprint density at radius 2 is 1.46 bits per heavy atom. The average Bonchev–Trinajstić information content (AvgIpc) is 2.60. The van der Waals surface area contributed by atoms with Gasteiger partial charge in [0.2, 0.25) is 5.91 Å². The molecule has 1 amide bonds. The zero-order valence-electron chi connectivity index (χ0n) is 14.9. The third-order valence-corrected chi connectivity index (χ3v) is 4.06. The number of hydrogen-bond donors (Lipinski definition) is 2. The molecule has 2 aromatic rings. The summed E-state index contributed by atoms with van der Waals surface area (Å²) in [6.07, 6.45) is 0.260. The Morgan fingerprint density at radius 1 is 0.923 bits per heavy atom. The van der Waals surface area contributed by atoms with Crippen LogP contribution in [0.1, 0.15) is 48.7 Å². The summed E-state index contributed by atoms with van der Waals surface area (Å²) in [7, 11) is 0. The zero-order valence-corrected chi connectivity index (χ0v) is 14.9. The minimum Gasteiger partial charge on any atom is -0.479 e. The minimum atomic E-state index is -1.12. The van der Waals surface area contributed by atoms with Crippen molar-refractivity contribution < 1.29 is 19.5 Å². The molecule has 0 fully saturated rings. The molecule has 0 aromatic heterocycles. The Kier molecular flexibility index (Phi) is 6.28. The van der Waals surface area contributed by atoms with E-state index < -0.39 is 23.3 Å². The second-order valence-electron chi connectivity index (χ2n) is 7.06. The second kappa shape index (κ2) is 8.43. The van der Waals surface area contributed by atoms with Crippen LogP contribution < -0.4 is 5.32 Å². The van der Waals surface area contributed by atoms with Crippen molar-refractivity contribution in [1.29, 1.82) is 0 Å². The summed E-state index contributed by atoms with van der Waals surface area (Å²) in [5.41, 5.74) is 0.525. The fourth-order valence-electron chi connectivity index (χ4n) is 2.80. The van der Waals surface area contributed by atoms with Crippen LogP contribution in [0, 0.1) is 5.41 Å². The van der Waals surface area contributed by atoms with Crippen LogP contribution in [0.25, 0.3) is 0 Å². The molecule has 0 saturated carbocycles. The van der Waals surface area contributed by atoms with E-state index in [1.54, 1.807) is 54.6 Å². The largest absolute Gasteiger partial charge is 0.479 e. The van der Waals surface area contributed by atoms with E-state index in [9.17, 15) is 19.5 Å². The maximum atomic E-state index is 12.4. The summed E-state index contributed by atoms with van der Waals surface area (Å²) >= 11 is 0. The molecule has 2 rings (SSSR count). The molecule has 1 atom stereocenters. The number of amides is 1. The van der Waals surface area contributed by atoms with Crippen LogP contribution in [0.15, 0.2) is 60.7 Å². The van der Waals surface area contributed by atoms with Crippen LogP contribution in [0.2, 0.25) is 0 Å². The van der Waals surface area contributed by atoms with Crippen molar-refractivity contribution in [3.8, 4) is 0 Å². The second-order valence-corrected chi connectivity index (χ2v) is 7.06. The number of carbonyl (C=O) groups excluding carboxylic acids is 2. The van der Waals surface area contributed by atoms with Crippen molar-refractivity contribution in [3.05, 3.63) is 71.8 Å². The standard InChI is InChI=1S/C21H23NO4/c1-21(2,13-17(23)15-9-5-3-6-10-15)14-18(24)22-19(20(25)26)16-11-7-4-8-12-16/h3-12,19H,13-14H2,1-2H3,(H,22,24)(H,25,26)/t19-/m1/s1. The van der Waals surface area contributed by atoms with E-state index in [-0.39, 0.29) is 18.6 Å². The van der Waals surface area contributed by atoms with Gasteiger partial charge in [-0.25, -0.2) is 4.79 Å². The molecule has 0 heterocycles. The summed E-state index contributed by atoms with van der Waals surface area (Å²) in [5.74, 6) is -1.56. The highest BCUT2D eigenvalue weighted by Gasteiger charge is 2.29. The van der Waals surface area contributed by atoms with Gasteiger partial charge in [0, 0.05) is 18.4 Å². The lowest BCUT2D eigenvalue weighted by Gasteiger charge is -2.24. The lowest BCUT2D eigenvalue weighted by atomic mass is 9.82. The van der Waals surface area contributed by atoms with Crippen LogP contribution in [0.4, 0.5) is 0 Å². The molecule has 0 aliphatic rings. The molecule has 2 N–H and O–H groups in total.